The summed E-state index contributed by atoms with van der Waals surface area (Å²) >= 11 is 3.32. The average molecular weight is 477 g/mol. The molecular weight excluding hydrogens is 459 g/mol. The lowest BCUT2D eigenvalue weighted by molar-refractivity contribution is 0.384. The zero-order chi connectivity index (χ0) is 20.4. The fourth-order valence-electron chi connectivity index (χ4n) is 3.24. The maximum Gasteiger partial charge on any atom is 0.243 e. The van der Waals surface area contributed by atoms with Crippen molar-refractivity contribution in [1.29, 1.82) is 0 Å². The molecule has 1 aliphatic heterocycles. The molecular formula is C20H18BrFN4O2S. The average Bonchev–Trinajstić information content (AvgIpc) is 2.74. The second kappa shape index (κ2) is 8.17. The van der Waals surface area contributed by atoms with Crippen LogP contribution < -0.4 is 4.90 Å². The summed E-state index contributed by atoms with van der Waals surface area (Å²) in [7, 11) is -3.53. The molecule has 2 aromatic carbocycles. The van der Waals surface area contributed by atoms with Crippen LogP contribution in [0.5, 0.6) is 0 Å². The van der Waals surface area contributed by atoms with Gasteiger partial charge >= 0.3 is 0 Å². The summed E-state index contributed by atoms with van der Waals surface area (Å²) in [4.78, 5) is 10.8. The van der Waals surface area contributed by atoms with Gasteiger partial charge < -0.3 is 4.90 Å². The van der Waals surface area contributed by atoms with Gasteiger partial charge in [0.1, 0.15) is 18.0 Å². The number of hydrogen-bond donors (Lipinski definition) is 0. The Bertz CT molecular complexity index is 1120. The zero-order valence-corrected chi connectivity index (χ0v) is 17.8. The Morgan fingerprint density at radius 2 is 1.66 bits per heavy atom. The Labute approximate surface area is 177 Å². The van der Waals surface area contributed by atoms with Crippen LogP contribution in [-0.4, -0.2) is 48.9 Å². The third-order valence-corrected chi connectivity index (χ3v) is 7.23. The molecule has 1 saturated heterocycles. The van der Waals surface area contributed by atoms with Crippen LogP contribution in [-0.2, 0) is 10.0 Å². The van der Waals surface area contributed by atoms with Gasteiger partial charge in [0.15, 0.2) is 0 Å². The number of anilines is 1. The summed E-state index contributed by atoms with van der Waals surface area (Å²) in [5, 5.41) is 0. The molecule has 0 unspecified atom stereocenters. The fraction of sp³-hybridized carbons (Fsp3) is 0.200. The quantitative estimate of drug-likeness (QED) is 0.575. The summed E-state index contributed by atoms with van der Waals surface area (Å²) in [6.07, 6.45) is 1.44. The Morgan fingerprint density at radius 1 is 0.931 bits per heavy atom. The van der Waals surface area contributed by atoms with Crippen molar-refractivity contribution in [3.05, 3.63) is 71.2 Å². The van der Waals surface area contributed by atoms with Crippen LogP contribution >= 0.6 is 15.9 Å². The standard InChI is InChI=1S/C20H18BrFN4O2S/c21-16-4-6-18(7-5-16)29(27,28)26-10-8-25(9-11-26)20-13-19(23-14-24-20)15-2-1-3-17(22)12-15/h1-7,12-14H,8-11H2. The van der Waals surface area contributed by atoms with Crippen LogP contribution in [0.25, 0.3) is 11.3 Å². The Kier molecular flexibility index (Phi) is 5.62. The maximum absolute atomic E-state index is 13.5. The second-order valence-electron chi connectivity index (χ2n) is 6.62. The Balaban J connectivity index is 1.49. The normalized spacial score (nSPS) is 15.4. The third kappa shape index (κ3) is 4.31. The predicted molar refractivity (Wildman–Crippen MR) is 113 cm³/mol. The van der Waals surface area contributed by atoms with Gasteiger partial charge in [0.2, 0.25) is 10.0 Å². The molecule has 0 atom stereocenters. The third-order valence-electron chi connectivity index (χ3n) is 4.79. The summed E-state index contributed by atoms with van der Waals surface area (Å²) in [5.74, 6) is 0.370. The molecule has 9 heteroatoms. The van der Waals surface area contributed by atoms with E-state index >= 15 is 0 Å². The second-order valence-corrected chi connectivity index (χ2v) is 9.47. The number of piperazine rings is 1. The van der Waals surface area contributed by atoms with Crippen LogP contribution in [0.1, 0.15) is 0 Å². The SMILES string of the molecule is O=S(=O)(c1ccc(Br)cc1)N1CCN(c2cc(-c3cccc(F)c3)ncn2)CC1. The first kappa shape index (κ1) is 19.9. The first-order valence-electron chi connectivity index (χ1n) is 9.02. The van der Waals surface area contributed by atoms with Crippen molar-refractivity contribution in [2.45, 2.75) is 4.90 Å². The summed E-state index contributed by atoms with van der Waals surface area (Å²) in [5.41, 5.74) is 1.30. The maximum atomic E-state index is 13.5. The van der Waals surface area contributed by atoms with Gasteiger partial charge in [-0.05, 0) is 36.4 Å². The monoisotopic (exact) mass is 476 g/mol. The van der Waals surface area contributed by atoms with Crippen molar-refractivity contribution in [3.63, 3.8) is 0 Å². The highest BCUT2D eigenvalue weighted by molar-refractivity contribution is 9.10. The van der Waals surface area contributed by atoms with E-state index in [0.29, 0.717) is 43.3 Å². The van der Waals surface area contributed by atoms with Crippen molar-refractivity contribution >= 4 is 31.8 Å². The lowest BCUT2D eigenvalue weighted by atomic mass is 10.1. The number of hydrogen-bond acceptors (Lipinski definition) is 5. The number of aromatic nitrogens is 2. The van der Waals surface area contributed by atoms with Gasteiger partial charge in [-0.3, -0.25) is 0 Å². The van der Waals surface area contributed by atoms with Gasteiger partial charge in [0, 0.05) is 42.3 Å². The molecule has 0 radical (unpaired) electrons. The number of halogens is 2. The molecule has 4 rings (SSSR count). The molecule has 29 heavy (non-hydrogen) atoms. The van der Waals surface area contributed by atoms with Gasteiger partial charge in [-0.25, -0.2) is 22.8 Å². The van der Waals surface area contributed by atoms with E-state index in [1.165, 1.54) is 22.8 Å². The van der Waals surface area contributed by atoms with Crippen LogP contribution in [0.2, 0.25) is 0 Å². The summed E-state index contributed by atoms with van der Waals surface area (Å²) < 4.78 is 41.5. The van der Waals surface area contributed by atoms with Gasteiger partial charge in [-0.2, -0.15) is 4.31 Å². The van der Waals surface area contributed by atoms with E-state index in [1.54, 1.807) is 42.5 Å². The largest absolute Gasteiger partial charge is 0.354 e. The fourth-order valence-corrected chi connectivity index (χ4v) is 4.93. The highest BCUT2D eigenvalue weighted by Crippen LogP contribution is 2.24. The van der Waals surface area contributed by atoms with Gasteiger partial charge in [-0.1, -0.05) is 28.1 Å². The molecule has 0 amide bonds. The van der Waals surface area contributed by atoms with Crippen molar-refractivity contribution in [2.24, 2.45) is 0 Å². The molecule has 3 aromatic rings. The van der Waals surface area contributed by atoms with E-state index in [2.05, 4.69) is 25.9 Å². The minimum Gasteiger partial charge on any atom is -0.354 e. The van der Waals surface area contributed by atoms with Crippen molar-refractivity contribution < 1.29 is 12.8 Å². The van der Waals surface area contributed by atoms with Gasteiger partial charge in [0.25, 0.3) is 0 Å². The predicted octanol–water partition coefficient (Wildman–Crippen LogP) is 3.56. The molecule has 6 nitrogen and oxygen atoms in total. The molecule has 0 N–H and O–H groups in total. The number of benzene rings is 2. The molecule has 2 heterocycles. The zero-order valence-electron chi connectivity index (χ0n) is 15.4. The molecule has 1 fully saturated rings. The van der Waals surface area contributed by atoms with Crippen LogP contribution in [0, 0.1) is 5.82 Å². The number of nitrogens with zero attached hydrogens (tertiary/aromatic N) is 4. The molecule has 1 aromatic heterocycles. The molecule has 1 aliphatic rings. The highest BCUT2D eigenvalue weighted by atomic mass is 79.9. The molecule has 0 spiro atoms. The Morgan fingerprint density at radius 3 is 2.34 bits per heavy atom. The lowest BCUT2D eigenvalue weighted by Gasteiger charge is -2.34. The van der Waals surface area contributed by atoms with Crippen molar-refractivity contribution in [2.75, 3.05) is 31.1 Å². The summed E-state index contributed by atoms with van der Waals surface area (Å²) in [6, 6.07) is 14.7. The van der Waals surface area contributed by atoms with E-state index in [4.69, 9.17) is 0 Å². The van der Waals surface area contributed by atoms with Crippen LogP contribution in [0.15, 0.2) is 70.3 Å². The molecule has 0 bridgehead atoms. The van der Waals surface area contributed by atoms with Crippen molar-refractivity contribution in [3.8, 4) is 11.3 Å². The first-order chi connectivity index (χ1) is 13.9. The molecule has 0 aliphatic carbocycles. The van der Waals surface area contributed by atoms with E-state index in [0.717, 1.165) is 4.47 Å². The topological polar surface area (TPSA) is 66.4 Å². The summed E-state index contributed by atoms with van der Waals surface area (Å²) in [6.45, 7) is 1.74. The number of rotatable bonds is 4. The van der Waals surface area contributed by atoms with E-state index < -0.39 is 10.0 Å². The lowest BCUT2D eigenvalue weighted by Crippen LogP contribution is -2.48. The Hall–Kier alpha value is -2.36. The highest BCUT2D eigenvalue weighted by Gasteiger charge is 2.29. The van der Waals surface area contributed by atoms with Crippen LogP contribution in [0.3, 0.4) is 0 Å². The molecule has 150 valence electrons. The van der Waals surface area contributed by atoms with Crippen LogP contribution in [0.4, 0.5) is 10.2 Å². The van der Waals surface area contributed by atoms with Gasteiger partial charge in [0.05, 0.1) is 10.6 Å². The minimum absolute atomic E-state index is 0.282. The minimum atomic E-state index is -3.53. The smallest absolute Gasteiger partial charge is 0.243 e. The number of sulfonamides is 1. The van der Waals surface area contributed by atoms with E-state index in [1.807, 2.05) is 4.90 Å². The van der Waals surface area contributed by atoms with E-state index in [-0.39, 0.29) is 10.7 Å². The van der Waals surface area contributed by atoms with Gasteiger partial charge in [-0.15, -0.1) is 0 Å². The first-order valence-corrected chi connectivity index (χ1v) is 11.3. The molecule has 0 saturated carbocycles. The van der Waals surface area contributed by atoms with E-state index in [9.17, 15) is 12.8 Å². The van der Waals surface area contributed by atoms with Crippen molar-refractivity contribution in [1.82, 2.24) is 14.3 Å².